The van der Waals surface area contributed by atoms with Crippen molar-refractivity contribution in [2.45, 2.75) is 18.8 Å². The van der Waals surface area contributed by atoms with E-state index in [9.17, 15) is 8.78 Å². The molecule has 0 aliphatic heterocycles. The molecule has 1 aliphatic rings. The number of pyridine rings is 1. The first-order chi connectivity index (χ1) is 7.61. The van der Waals surface area contributed by atoms with E-state index in [1.54, 1.807) is 6.07 Å². The average molecular weight is 223 g/mol. The zero-order chi connectivity index (χ0) is 11.6. The second-order valence-electron chi connectivity index (χ2n) is 4.04. The summed E-state index contributed by atoms with van der Waals surface area (Å²) in [5, 5.41) is 11.8. The Morgan fingerprint density at radius 2 is 2.31 bits per heavy atom. The molecule has 84 valence electrons. The van der Waals surface area contributed by atoms with Crippen LogP contribution in [0.15, 0.2) is 18.5 Å². The van der Waals surface area contributed by atoms with Gasteiger partial charge in [-0.25, -0.2) is 8.78 Å². The molecule has 0 atom stereocenters. The molecule has 0 unspecified atom stereocenters. The molecule has 0 bridgehead atoms. The van der Waals surface area contributed by atoms with Gasteiger partial charge in [-0.1, -0.05) is 0 Å². The summed E-state index contributed by atoms with van der Waals surface area (Å²) >= 11 is 0. The van der Waals surface area contributed by atoms with Gasteiger partial charge >= 0.3 is 0 Å². The van der Waals surface area contributed by atoms with E-state index >= 15 is 0 Å². The predicted molar refractivity (Wildman–Crippen MR) is 55.1 cm³/mol. The van der Waals surface area contributed by atoms with Crippen LogP contribution in [-0.2, 0) is 0 Å². The first kappa shape index (κ1) is 10.8. The van der Waals surface area contributed by atoms with Crippen LogP contribution in [0.3, 0.4) is 0 Å². The number of nitrogens with one attached hydrogen (secondary N) is 1. The summed E-state index contributed by atoms with van der Waals surface area (Å²) in [5.41, 5.74) is 1.10. The Balaban J connectivity index is 1.89. The van der Waals surface area contributed by atoms with Gasteiger partial charge in [0.25, 0.3) is 0 Å². The van der Waals surface area contributed by atoms with Gasteiger partial charge < -0.3 is 5.32 Å². The van der Waals surface area contributed by atoms with E-state index in [1.165, 1.54) is 12.4 Å². The average Bonchev–Trinajstić information content (AvgIpc) is 2.23. The molecule has 1 heterocycles. The van der Waals surface area contributed by atoms with Crippen molar-refractivity contribution in [1.29, 1.82) is 5.26 Å². The number of halogens is 2. The van der Waals surface area contributed by atoms with Gasteiger partial charge in [-0.2, -0.15) is 5.26 Å². The summed E-state index contributed by atoms with van der Waals surface area (Å²) in [5.74, 6) is -2.50. The molecule has 0 radical (unpaired) electrons. The third-order valence-electron chi connectivity index (χ3n) is 2.70. The van der Waals surface area contributed by atoms with E-state index in [-0.39, 0.29) is 18.8 Å². The van der Waals surface area contributed by atoms with Gasteiger partial charge in [-0.3, -0.25) is 4.98 Å². The van der Waals surface area contributed by atoms with Gasteiger partial charge in [0.2, 0.25) is 5.92 Å². The lowest BCUT2D eigenvalue weighted by Gasteiger charge is -2.35. The zero-order valence-electron chi connectivity index (χ0n) is 8.58. The lowest BCUT2D eigenvalue weighted by Crippen LogP contribution is -2.39. The van der Waals surface area contributed by atoms with Crippen molar-refractivity contribution in [3.8, 4) is 6.07 Å². The van der Waals surface area contributed by atoms with Crippen molar-refractivity contribution in [2.24, 2.45) is 5.92 Å². The highest BCUT2D eigenvalue weighted by Crippen LogP contribution is 2.42. The van der Waals surface area contributed by atoms with Gasteiger partial charge in [0.15, 0.2) is 0 Å². The van der Waals surface area contributed by atoms with E-state index in [1.807, 2.05) is 6.07 Å². The molecule has 0 aromatic carbocycles. The maximum absolute atomic E-state index is 12.6. The molecule has 1 fully saturated rings. The molecule has 0 saturated heterocycles. The Morgan fingerprint density at radius 1 is 1.56 bits per heavy atom. The molecule has 16 heavy (non-hydrogen) atoms. The van der Waals surface area contributed by atoms with Crippen LogP contribution in [0.1, 0.15) is 18.4 Å². The molecular weight excluding hydrogens is 212 g/mol. The summed E-state index contributed by atoms with van der Waals surface area (Å²) in [4.78, 5) is 3.88. The number of nitriles is 1. The van der Waals surface area contributed by atoms with Gasteiger partial charge in [-0.05, 0) is 12.0 Å². The van der Waals surface area contributed by atoms with E-state index in [2.05, 4.69) is 10.3 Å². The van der Waals surface area contributed by atoms with Crippen LogP contribution in [0, 0.1) is 17.2 Å². The molecule has 1 aromatic rings. The molecular formula is C11H11F2N3. The molecule has 1 saturated carbocycles. The molecule has 0 spiro atoms. The van der Waals surface area contributed by atoms with Crippen LogP contribution < -0.4 is 5.32 Å². The van der Waals surface area contributed by atoms with Crippen molar-refractivity contribution >= 4 is 5.69 Å². The molecule has 1 aromatic heterocycles. The Kier molecular flexibility index (Phi) is 2.73. The second-order valence-corrected chi connectivity index (χ2v) is 4.04. The molecule has 1 N–H and O–H groups in total. The quantitative estimate of drug-likeness (QED) is 0.856. The fourth-order valence-electron chi connectivity index (χ4n) is 1.82. The van der Waals surface area contributed by atoms with Crippen molar-refractivity contribution in [1.82, 2.24) is 4.98 Å². The second kappa shape index (κ2) is 4.05. The molecule has 3 nitrogen and oxygen atoms in total. The van der Waals surface area contributed by atoms with Crippen LogP contribution in [0.2, 0.25) is 0 Å². The first-order valence-electron chi connectivity index (χ1n) is 5.06. The first-order valence-corrected chi connectivity index (χ1v) is 5.06. The van der Waals surface area contributed by atoms with Crippen LogP contribution in [0.5, 0.6) is 0 Å². The molecule has 1 aliphatic carbocycles. The van der Waals surface area contributed by atoms with Gasteiger partial charge in [-0.15, -0.1) is 0 Å². The Labute approximate surface area is 92.1 Å². The lowest BCUT2D eigenvalue weighted by atomic mass is 9.81. The smallest absolute Gasteiger partial charge is 0.248 e. The topological polar surface area (TPSA) is 48.7 Å². The minimum absolute atomic E-state index is 0.0123. The minimum atomic E-state index is -2.49. The largest absolute Gasteiger partial charge is 0.382 e. The predicted octanol–water partition coefficient (Wildman–Crippen LogP) is 2.41. The Morgan fingerprint density at radius 3 is 2.94 bits per heavy atom. The SMILES string of the molecule is N#Cc1ccncc1NCC1CC(F)(F)C1. The lowest BCUT2D eigenvalue weighted by molar-refractivity contribution is -0.106. The molecule has 0 amide bonds. The zero-order valence-corrected chi connectivity index (χ0v) is 8.58. The summed E-state index contributed by atoms with van der Waals surface area (Å²) in [6.07, 6.45) is 2.93. The number of nitrogens with zero attached hydrogens (tertiary/aromatic N) is 2. The van der Waals surface area contributed by atoms with E-state index in [4.69, 9.17) is 5.26 Å². The third-order valence-corrected chi connectivity index (χ3v) is 2.70. The van der Waals surface area contributed by atoms with Crippen molar-refractivity contribution < 1.29 is 8.78 Å². The highest BCUT2D eigenvalue weighted by Gasteiger charge is 2.44. The Bertz CT molecular complexity index is 417. The van der Waals surface area contributed by atoms with Crippen LogP contribution >= 0.6 is 0 Å². The number of aromatic nitrogens is 1. The Hall–Kier alpha value is -1.70. The summed E-state index contributed by atoms with van der Waals surface area (Å²) in [6, 6.07) is 3.62. The monoisotopic (exact) mass is 223 g/mol. The van der Waals surface area contributed by atoms with Crippen LogP contribution in [-0.4, -0.2) is 17.5 Å². The summed E-state index contributed by atoms with van der Waals surface area (Å²) < 4.78 is 25.1. The van der Waals surface area contributed by atoms with Gasteiger partial charge in [0.1, 0.15) is 6.07 Å². The summed E-state index contributed by atoms with van der Waals surface area (Å²) in [6.45, 7) is 0.468. The summed E-state index contributed by atoms with van der Waals surface area (Å²) in [7, 11) is 0. The fraction of sp³-hybridized carbons (Fsp3) is 0.455. The van der Waals surface area contributed by atoms with Gasteiger partial charge in [0.05, 0.1) is 17.4 Å². The maximum atomic E-state index is 12.6. The number of anilines is 1. The highest BCUT2D eigenvalue weighted by atomic mass is 19.3. The molecule has 2 rings (SSSR count). The van der Waals surface area contributed by atoms with Crippen molar-refractivity contribution in [3.05, 3.63) is 24.0 Å². The molecule has 5 heteroatoms. The number of hydrogen-bond donors (Lipinski definition) is 1. The van der Waals surface area contributed by atoms with E-state index in [0.717, 1.165) is 0 Å². The normalized spacial score (nSPS) is 18.6. The third kappa shape index (κ3) is 2.27. The van der Waals surface area contributed by atoms with E-state index < -0.39 is 5.92 Å². The van der Waals surface area contributed by atoms with Crippen LogP contribution in [0.4, 0.5) is 14.5 Å². The standard InChI is InChI=1S/C11H11F2N3/c12-11(13)3-8(4-11)6-16-10-7-15-2-1-9(10)5-14/h1-2,7-8,16H,3-4,6H2. The van der Waals surface area contributed by atoms with E-state index in [0.29, 0.717) is 17.8 Å². The van der Waals surface area contributed by atoms with Gasteiger partial charge in [0, 0.05) is 25.6 Å². The van der Waals surface area contributed by atoms with Crippen molar-refractivity contribution in [3.63, 3.8) is 0 Å². The fourth-order valence-corrected chi connectivity index (χ4v) is 1.82. The van der Waals surface area contributed by atoms with Crippen LogP contribution in [0.25, 0.3) is 0 Å². The minimum Gasteiger partial charge on any atom is -0.382 e. The highest BCUT2D eigenvalue weighted by molar-refractivity contribution is 5.55. The van der Waals surface area contributed by atoms with Crippen molar-refractivity contribution in [2.75, 3.05) is 11.9 Å². The number of alkyl halides is 2. The number of rotatable bonds is 3. The number of hydrogen-bond acceptors (Lipinski definition) is 3. The maximum Gasteiger partial charge on any atom is 0.248 e.